The number of hydrogen-bond acceptors (Lipinski definition) is 2. The van der Waals surface area contributed by atoms with Gasteiger partial charge in [-0.1, -0.05) is 19.9 Å². The van der Waals surface area contributed by atoms with E-state index in [-0.39, 0.29) is 5.82 Å². The molecule has 1 aromatic carbocycles. The summed E-state index contributed by atoms with van der Waals surface area (Å²) in [5, 5.41) is 3.23. The normalized spacial score (nSPS) is 23.7. The SMILES string of the molecule is CCNCc1ccc(N2CCCC(C)C2C)c(F)c1. The third-order valence-electron chi connectivity index (χ3n) is 4.27. The van der Waals surface area contributed by atoms with Crippen molar-refractivity contribution in [2.75, 3.05) is 18.0 Å². The van der Waals surface area contributed by atoms with Crippen LogP contribution in [-0.2, 0) is 6.54 Å². The Hall–Kier alpha value is -1.09. The molecule has 0 saturated carbocycles. The maximum Gasteiger partial charge on any atom is 0.146 e. The maximum absolute atomic E-state index is 14.3. The third kappa shape index (κ3) is 3.27. The summed E-state index contributed by atoms with van der Waals surface area (Å²) in [5.41, 5.74) is 1.78. The first-order valence-electron chi connectivity index (χ1n) is 7.39. The van der Waals surface area contributed by atoms with Crippen LogP contribution in [0.15, 0.2) is 18.2 Å². The lowest BCUT2D eigenvalue weighted by Crippen LogP contribution is -2.42. The van der Waals surface area contributed by atoms with Gasteiger partial charge in [0.05, 0.1) is 5.69 Å². The molecular formula is C16H25FN2. The average molecular weight is 264 g/mol. The molecule has 0 spiro atoms. The van der Waals surface area contributed by atoms with Crippen molar-refractivity contribution < 1.29 is 4.39 Å². The fraction of sp³-hybridized carbons (Fsp3) is 0.625. The molecule has 2 atom stereocenters. The molecule has 2 rings (SSSR count). The summed E-state index contributed by atoms with van der Waals surface area (Å²) in [7, 11) is 0. The Morgan fingerprint density at radius 1 is 1.37 bits per heavy atom. The van der Waals surface area contributed by atoms with Crippen molar-refractivity contribution in [3.8, 4) is 0 Å². The number of halogens is 1. The van der Waals surface area contributed by atoms with Gasteiger partial charge in [0.15, 0.2) is 0 Å². The fourth-order valence-electron chi connectivity index (χ4n) is 2.84. The van der Waals surface area contributed by atoms with E-state index in [1.165, 1.54) is 6.42 Å². The summed E-state index contributed by atoms with van der Waals surface area (Å²) < 4.78 is 14.3. The molecule has 1 heterocycles. The van der Waals surface area contributed by atoms with Crippen LogP contribution in [0.3, 0.4) is 0 Å². The van der Waals surface area contributed by atoms with E-state index in [0.29, 0.717) is 12.0 Å². The maximum atomic E-state index is 14.3. The first-order chi connectivity index (χ1) is 9.13. The summed E-state index contributed by atoms with van der Waals surface area (Å²) >= 11 is 0. The molecule has 2 unspecified atom stereocenters. The highest BCUT2D eigenvalue weighted by Gasteiger charge is 2.26. The third-order valence-corrected chi connectivity index (χ3v) is 4.27. The van der Waals surface area contributed by atoms with E-state index in [0.717, 1.165) is 37.3 Å². The number of nitrogens with zero attached hydrogens (tertiary/aromatic N) is 1. The Labute approximate surface area is 116 Å². The first-order valence-corrected chi connectivity index (χ1v) is 7.39. The summed E-state index contributed by atoms with van der Waals surface area (Å²) in [5.74, 6) is 0.547. The molecule has 0 aliphatic carbocycles. The Morgan fingerprint density at radius 3 is 2.84 bits per heavy atom. The number of piperidine rings is 1. The number of anilines is 1. The van der Waals surface area contributed by atoms with E-state index in [1.807, 2.05) is 12.1 Å². The van der Waals surface area contributed by atoms with Crippen molar-refractivity contribution in [2.45, 2.75) is 46.2 Å². The molecule has 1 aliphatic heterocycles. The lowest BCUT2D eigenvalue weighted by Gasteiger charge is -2.39. The fourth-order valence-corrected chi connectivity index (χ4v) is 2.84. The van der Waals surface area contributed by atoms with Crippen LogP contribution in [0.25, 0.3) is 0 Å². The van der Waals surface area contributed by atoms with E-state index in [4.69, 9.17) is 0 Å². The lowest BCUT2D eigenvalue weighted by atomic mass is 9.91. The van der Waals surface area contributed by atoms with Crippen LogP contribution in [0.2, 0.25) is 0 Å². The van der Waals surface area contributed by atoms with Crippen LogP contribution in [-0.4, -0.2) is 19.1 Å². The molecule has 106 valence electrons. The molecule has 0 radical (unpaired) electrons. The van der Waals surface area contributed by atoms with Crippen molar-refractivity contribution in [2.24, 2.45) is 5.92 Å². The van der Waals surface area contributed by atoms with Gasteiger partial charge in [-0.05, 0) is 49.9 Å². The van der Waals surface area contributed by atoms with Crippen molar-refractivity contribution in [3.63, 3.8) is 0 Å². The van der Waals surface area contributed by atoms with Crippen LogP contribution in [0.4, 0.5) is 10.1 Å². The van der Waals surface area contributed by atoms with Gasteiger partial charge in [0.25, 0.3) is 0 Å². The van der Waals surface area contributed by atoms with E-state index in [1.54, 1.807) is 6.07 Å². The molecule has 1 aliphatic rings. The van der Waals surface area contributed by atoms with Crippen molar-refractivity contribution in [3.05, 3.63) is 29.6 Å². The smallest absolute Gasteiger partial charge is 0.146 e. The zero-order valence-corrected chi connectivity index (χ0v) is 12.2. The highest BCUT2D eigenvalue weighted by molar-refractivity contribution is 5.50. The Morgan fingerprint density at radius 2 is 2.16 bits per heavy atom. The van der Waals surface area contributed by atoms with Crippen molar-refractivity contribution in [1.82, 2.24) is 5.32 Å². The highest BCUT2D eigenvalue weighted by atomic mass is 19.1. The molecule has 3 heteroatoms. The first kappa shape index (κ1) is 14.3. The molecule has 1 N–H and O–H groups in total. The molecule has 2 nitrogen and oxygen atoms in total. The van der Waals surface area contributed by atoms with Crippen LogP contribution >= 0.6 is 0 Å². The van der Waals surface area contributed by atoms with Crippen LogP contribution in [0, 0.1) is 11.7 Å². The lowest BCUT2D eigenvalue weighted by molar-refractivity contribution is 0.360. The monoisotopic (exact) mass is 264 g/mol. The summed E-state index contributed by atoms with van der Waals surface area (Å²) in [6, 6.07) is 6.07. The minimum absolute atomic E-state index is 0.0867. The van der Waals surface area contributed by atoms with Crippen LogP contribution in [0.5, 0.6) is 0 Å². The van der Waals surface area contributed by atoms with Crippen molar-refractivity contribution in [1.29, 1.82) is 0 Å². The second kappa shape index (κ2) is 6.38. The summed E-state index contributed by atoms with van der Waals surface area (Å²) in [6.07, 6.45) is 2.40. The second-order valence-electron chi connectivity index (χ2n) is 5.62. The zero-order valence-electron chi connectivity index (χ0n) is 12.2. The van der Waals surface area contributed by atoms with Gasteiger partial charge < -0.3 is 10.2 Å². The van der Waals surface area contributed by atoms with E-state index in [9.17, 15) is 4.39 Å². The summed E-state index contributed by atoms with van der Waals surface area (Å²) in [4.78, 5) is 2.22. The van der Waals surface area contributed by atoms with Crippen LogP contribution in [0.1, 0.15) is 39.2 Å². The molecule has 0 aromatic heterocycles. The minimum atomic E-state index is -0.0867. The zero-order chi connectivity index (χ0) is 13.8. The Bertz CT molecular complexity index is 419. The number of nitrogens with one attached hydrogen (secondary N) is 1. The Balaban J connectivity index is 2.15. The van der Waals surface area contributed by atoms with Gasteiger partial charge in [0, 0.05) is 19.1 Å². The van der Waals surface area contributed by atoms with E-state index >= 15 is 0 Å². The largest absolute Gasteiger partial charge is 0.366 e. The molecule has 19 heavy (non-hydrogen) atoms. The standard InChI is InChI=1S/C16H25FN2/c1-4-18-11-14-7-8-16(15(17)10-14)19-9-5-6-12(2)13(19)3/h7-8,10,12-13,18H,4-6,9,11H2,1-3H3. The van der Waals surface area contributed by atoms with E-state index in [2.05, 4.69) is 31.0 Å². The molecular weight excluding hydrogens is 239 g/mol. The minimum Gasteiger partial charge on any atom is -0.366 e. The molecule has 1 saturated heterocycles. The predicted octanol–water partition coefficient (Wildman–Crippen LogP) is 3.56. The predicted molar refractivity (Wildman–Crippen MR) is 79.0 cm³/mol. The van der Waals surface area contributed by atoms with Gasteiger partial charge in [0.2, 0.25) is 0 Å². The van der Waals surface area contributed by atoms with Crippen LogP contribution < -0.4 is 10.2 Å². The van der Waals surface area contributed by atoms with Gasteiger partial charge in [-0.15, -0.1) is 0 Å². The topological polar surface area (TPSA) is 15.3 Å². The van der Waals surface area contributed by atoms with Gasteiger partial charge in [-0.2, -0.15) is 0 Å². The van der Waals surface area contributed by atoms with E-state index < -0.39 is 0 Å². The second-order valence-corrected chi connectivity index (χ2v) is 5.62. The molecule has 0 amide bonds. The quantitative estimate of drug-likeness (QED) is 0.894. The number of benzene rings is 1. The molecule has 0 bridgehead atoms. The van der Waals surface area contributed by atoms with Crippen molar-refractivity contribution >= 4 is 5.69 Å². The highest BCUT2D eigenvalue weighted by Crippen LogP contribution is 2.30. The van der Waals surface area contributed by atoms with Gasteiger partial charge in [0.1, 0.15) is 5.82 Å². The number of hydrogen-bond donors (Lipinski definition) is 1. The van der Waals surface area contributed by atoms with Gasteiger partial charge >= 0.3 is 0 Å². The average Bonchev–Trinajstić information content (AvgIpc) is 2.40. The Kier molecular flexibility index (Phi) is 4.81. The number of rotatable bonds is 4. The van der Waals surface area contributed by atoms with Gasteiger partial charge in [-0.25, -0.2) is 4.39 Å². The molecule has 1 aromatic rings. The summed E-state index contributed by atoms with van der Waals surface area (Å²) in [6.45, 7) is 9.13. The van der Waals surface area contributed by atoms with Gasteiger partial charge in [-0.3, -0.25) is 0 Å². The molecule has 1 fully saturated rings.